The molecule has 0 saturated heterocycles. The van der Waals surface area contributed by atoms with Gasteiger partial charge in [0.15, 0.2) is 0 Å². The normalized spacial score (nSPS) is 13.4. The Labute approximate surface area is 137 Å². The summed E-state index contributed by atoms with van der Waals surface area (Å²) in [6.07, 6.45) is 2.87. The van der Waals surface area contributed by atoms with Gasteiger partial charge in [-0.2, -0.15) is 0 Å². The minimum absolute atomic E-state index is 0.0626. The molecule has 0 saturated carbocycles. The van der Waals surface area contributed by atoms with E-state index < -0.39 is 23.1 Å². The van der Waals surface area contributed by atoms with Gasteiger partial charge in [-0.1, -0.05) is 6.07 Å². The molecule has 1 aromatic heterocycles. The number of aromatic nitrogens is 1. The molecule has 1 unspecified atom stereocenters. The number of nitrogens with one attached hydrogen (secondary N) is 1. The molecule has 1 atom stereocenters. The quantitative estimate of drug-likeness (QED) is 0.850. The van der Waals surface area contributed by atoms with Gasteiger partial charge < -0.3 is 10.4 Å². The maximum atomic E-state index is 13.7. The molecule has 7 heteroatoms. The van der Waals surface area contributed by atoms with E-state index in [9.17, 15) is 23.1 Å². The third kappa shape index (κ3) is 4.79. The van der Waals surface area contributed by atoms with Gasteiger partial charge in [0.2, 0.25) is 5.91 Å². The van der Waals surface area contributed by atoms with Gasteiger partial charge in [0, 0.05) is 24.2 Å². The van der Waals surface area contributed by atoms with Gasteiger partial charge in [0.25, 0.3) is 0 Å². The van der Waals surface area contributed by atoms with Crippen molar-refractivity contribution in [2.24, 2.45) is 0 Å². The summed E-state index contributed by atoms with van der Waals surface area (Å²) >= 11 is 0. The molecule has 0 spiro atoms. The van der Waals surface area contributed by atoms with Crippen LogP contribution in [-0.4, -0.2) is 22.5 Å². The van der Waals surface area contributed by atoms with Crippen LogP contribution in [0.25, 0.3) is 0 Å². The lowest BCUT2D eigenvalue weighted by atomic mass is 9.95. The number of aliphatic hydroxyl groups is 1. The number of amides is 1. The fourth-order valence-corrected chi connectivity index (χ4v) is 2.23. The second-order valence-electron chi connectivity index (χ2n) is 5.69. The Morgan fingerprint density at radius 2 is 1.96 bits per heavy atom. The molecule has 4 nitrogen and oxygen atoms in total. The second-order valence-corrected chi connectivity index (χ2v) is 5.69. The van der Waals surface area contributed by atoms with Gasteiger partial charge in [-0.25, -0.2) is 13.2 Å². The molecule has 128 valence electrons. The number of rotatable bonds is 6. The maximum Gasteiger partial charge on any atom is 0.220 e. The number of carbonyl (C=O) groups is 1. The summed E-state index contributed by atoms with van der Waals surface area (Å²) < 4.78 is 39.6. The molecule has 0 aliphatic heterocycles. The highest BCUT2D eigenvalue weighted by atomic mass is 19.1. The molecule has 2 aromatic rings. The number of nitrogens with zero attached hydrogens (tertiary/aromatic N) is 1. The van der Waals surface area contributed by atoms with Crippen LogP contribution in [0.2, 0.25) is 0 Å². The van der Waals surface area contributed by atoms with Crippen LogP contribution in [0.3, 0.4) is 0 Å². The van der Waals surface area contributed by atoms with Gasteiger partial charge >= 0.3 is 0 Å². The van der Waals surface area contributed by atoms with Crippen molar-refractivity contribution in [1.29, 1.82) is 0 Å². The van der Waals surface area contributed by atoms with Crippen molar-refractivity contribution in [3.8, 4) is 0 Å². The zero-order valence-electron chi connectivity index (χ0n) is 13.0. The van der Waals surface area contributed by atoms with Crippen LogP contribution in [0.15, 0.2) is 36.7 Å². The van der Waals surface area contributed by atoms with E-state index in [-0.39, 0.29) is 30.9 Å². The highest BCUT2D eigenvalue weighted by Gasteiger charge is 2.27. The van der Waals surface area contributed by atoms with E-state index in [2.05, 4.69) is 10.3 Å². The molecule has 0 aliphatic carbocycles. The van der Waals surface area contributed by atoms with Crippen molar-refractivity contribution in [2.45, 2.75) is 25.4 Å². The van der Waals surface area contributed by atoms with E-state index in [0.29, 0.717) is 11.6 Å². The fraction of sp³-hybridized carbons (Fsp3) is 0.294. The molecule has 24 heavy (non-hydrogen) atoms. The van der Waals surface area contributed by atoms with Gasteiger partial charge in [0.1, 0.15) is 23.1 Å². The van der Waals surface area contributed by atoms with Crippen LogP contribution in [0.5, 0.6) is 0 Å². The van der Waals surface area contributed by atoms with E-state index >= 15 is 0 Å². The van der Waals surface area contributed by atoms with Crippen molar-refractivity contribution in [3.05, 3.63) is 65.2 Å². The molecule has 2 N–H and O–H groups in total. The van der Waals surface area contributed by atoms with E-state index in [0.717, 1.165) is 18.3 Å². The smallest absolute Gasteiger partial charge is 0.220 e. The van der Waals surface area contributed by atoms with Gasteiger partial charge in [-0.15, -0.1) is 0 Å². The predicted octanol–water partition coefficient (Wildman–Crippen LogP) is 2.46. The minimum atomic E-state index is -1.69. The largest absolute Gasteiger partial charge is 0.383 e. The zero-order chi connectivity index (χ0) is 17.7. The van der Waals surface area contributed by atoms with Gasteiger partial charge in [-0.3, -0.25) is 9.78 Å². The number of aryl methyl sites for hydroxylation is 1. The Kier molecular flexibility index (Phi) is 5.56. The lowest BCUT2D eigenvalue weighted by Crippen LogP contribution is -2.39. The SMILES string of the molecule is CC(O)(CNC(=O)CCc1cncc(F)c1)c1ccc(F)cc1F. The Morgan fingerprint density at radius 3 is 2.62 bits per heavy atom. The zero-order valence-corrected chi connectivity index (χ0v) is 13.0. The first-order valence-electron chi connectivity index (χ1n) is 7.32. The second kappa shape index (κ2) is 7.44. The van der Waals surface area contributed by atoms with Crippen molar-refractivity contribution in [3.63, 3.8) is 0 Å². The Hall–Kier alpha value is -2.41. The topological polar surface area (TPSA) is 62.2 Å². The lowest BCUT2D eigenvalue weighted by molar-refractivity contribution is -0.122. The van der Waals surface area contributed by atoms with Crippen LogP contribution < -0.4 is 5.32 Å². The van der Waals surface area contributed by atoms with Crippen molar-refractivity contribution >= 4 is 5.91 Å². The highest BCUT2D eigenvalue weighted by molar-refractivity contribution is 5.76. The van der Waals surface area contributed by atoms with Crippen LogP contribution >= 0.6 is 0 Å². The molecular formula is C17H17F3N2O2. The van der Waals surface area contributed by atoms with Gasteiger partial charge in [-0.05, 0) is 31.0 Å². The number of hydrogen-bond donors (Lipinski definition) is 2. The first-order valence-corrected chi connectivity index (χ1v) is 7.32. The summed E-state index contributed by atoms with van der Waals surface area (Å²) in [7, 11) is 0. The highest BCUT2D eigenvalue weighted by Crippen LogP contribution is 2.23. The van der Waals surface area contributed by atoms with Crippen LogP contribution in [0, 0.1) is 17.5 Å². The van der Waals surface area contributed by atoms with E-state index in [1.165, 1.54) is 19.2 Å². The number of carbonyl (C=O) groups excluding carboxylic acids is 1. The average Bonchev–Trinajstić information content (AvgIpc) is 2.51. The molecule has 0 aliphatic rings. The van der Waals surface area contributed by atoms with E-state index in [1.54, 1.807) is 0 Å². The summed E-state index contributed by atoms with van der Waals surface area (Å²) in [5, 5.41) is 12.8. The molecule has 0 radical (unpaired) electrons. The summed E-state index contributed by atoms with van der Waals surface area (Å²) in [5.74, 6) is -2.51. The Morgan fingerprint density at radius 1 is 1.21 bits per heavy atom. The first kappa shape index (κ1) is 17.9. The number of halogens is 3. The number of hydrogen-bond acceptors (Lipinski definition) is 3. The standard InChI is InChI=1S/C17H17F3N2O2/c1-17(24,14-4-3-12(18)7-15(14)20)10-22-16(23)5-2-11-6-13(19)9-21-8-11/h3-4,6-9,24H,2,5,10H2,1H3,(H,22,23). The Bertz CT molecular complexity index is 736. The maximum absolute atomic E-state index is 13.7. The summed E-state index contributed by atoms with van der Waals surface area (Å²) in [5.41, 5.74) is -1.23. The van der Waals surface area contributed by atoms with E-state index in [4.69, 9.17) is 0 Å². The first-order chi connectivity index (χ1) is 11.3. The fourth-order valence-electron chi connectivity index (χ4n) is 2.23. The van der Waals surface area contributed by atoms with Crippen LogP contribution in [-0.2, 0) is 16.8 Å². The van der Waals surface area contributed by atoms with Crippen LogP contribution in [0.4, 0.5) is 13.2 Å². The lowest BCUT2D eigenvalue weighted by Gasteiger charge is -2.24. The van der Waals surface area contributed by atoms with E-state index in [1.807, 2.05) is 0 Å². The molecule has 2 rings (SSSR count). The molecule has 0 fully saturated rings. The monoisotopic (exact) mass is 338 g/mol. The molecule has 1 heterocycles. The molecule has 1 aromatic carbocycles. The van der Waals surface area contributed by atoms with Crippen molar-refractivity contribution in [1.82, 2.24) is 10.3 Å². The average molecular weight is 338 g/mol. The number of pyridine rings is 1. The van der Waals surface area contributed by atoms with Gasteiger partial charge in [0.05, 0.1) is 12.7 Å². The molecular weight excluding hydrogens is 321 g/mol. The number of benzene rings is 1. The summed E-state index contributed by atoms with van der Waals surface area (Å²) in [6, 6.07) is 4.12. The summed E-state index contributed by atoms with van der Waals surface area (Å²) in [6.45, 7) is 1.08. The summed E-state index contributed by atoms with van der Waals surface area (Å²) in [4.78, 5) is 15.5. The van der Waals surface area contributed by atoms with Crippen LogP contribution in [0.1, 0.15) is 24.5 Å². The minimum Gasteiger partial charge on any atom is -0.383 e. The van der Waals surface area contributed by atoms with Crippen molar-refractivity contribution < 1.29 is 23.1 Å². The predicted molar refractivity (Wildman–Crippen MR) is 81.5 cm³/mol. The molecule has 1 amide bonds. The third-order valence-electron chi connectivity index (χ3n) is 3.54. The third-order valence-corrected chi connectivity index (χ3v) is 3.54. The molecule has 0 bridgehead atoms. The Balaban J connectivity index is 1.90. The van der Waals surface area contributed by atoms with Crippen molar-refractivity contribution in [2.75, 3.05) is 6.54 Å².